The second-order valence-corrected chi connectivity index (χ2v) is 6.15. The molecule has 0 saturated carbocycles. The number of hydrogen-bond acceptors (Lipinski definition) is 3. The van der Waals surface area contributed by atoms with E-state index in [4.69, 9.17) is 4.52 Å². The van der Waals surface area contributed by atoms with Crippen LogP contribution in [-0.4, -0.2) is 11.1 Å². The average molecular weight is 371 g/mol. The summed E-state index contributed by atoms with van der Waals surface area (Å²) in [5.41, 5.74) is 3.55. The number of carbonyl (C=O) groups is 1. The molecule has 1 N–H and O–H groups in total. The van der Waals surface area contributed by atoms with Gasteiger partial charge in [-0.15, -0.1) is 0 Å². The summed E-state index contributed by atoms with van der Waals surface area (Å²) in [5.74, 6) is 0.469. The van der Waals surface area contributed by atoms with Crippen LogP contribution in [0.4, 0.5) is 0 Å². The van der Waals surface area contributed by atoms with Crippen LogP contribution < -0.4 is 5.32 Å². The van der Waals surface area contributed by atoms with E-state index in [-0.39, 0.29) is 5.91 Å². The Morgan fingerprint density at radius 3 is 2.52 bits per heavy atom. The van der Waals surface area contributed by atoms with Gasteiger partial charge >= 0.3 is 0 Å². The van der Waals surface area contributed by atoms with Crippen molar-refractivity contribution in [3.63, 3.8) is 0 Å². The lowest BCUT2D eigenvalue weighted by atomic mass is 10.1. The highest BCUT2D eigenvalue weighted by Gasteiger charge is 2.09. The molecule has 0 radical (unpaired) electrons. The highest BCUT2D eigenvalue weighted by Crippen LogP contribution is 2.19. The smallest absolute Gasteiger partial charge is 0.251 e. The van der Waals surface area contributed by atoms with Gasteiger partial charge in [-0.2, -0.15) is 0 Å². The predicted molar refractivity (Wildman–Crippen MR) is 92.0 cm³/mol. The lowest BCUT2D eigenvalue weighted by molar-refractivity contribution is 0.0947. The normalized spacial score (nSPS) is 10.5. The minimum atomic E-state index is -0.147. The highest BCUT2D eigenvalue weighted by molar-refractivity contribution is 9.10. The second kappa shape index (κ2) is 6.79. The van der Waals surface area contributed by atoms with Crippen LogP contribution in [0.2, 0.25) is 0 Å². The summed E-state index contributed by atoms with van der Waals surface area (Å²) in [6.07, 6.45) is 0. The lowest BCUT2D eigenvalue weighted by Crippen LogP contribution is -2.22. The van der Waals surface area contributed by atoms with E-state index in [0.717, 1.165) is 15.7 Å². The number of nitrogens with zero attached hydrogens (tertiary/aromatic N) is 1. The third-order valence-corrected chi connectivity index (χ3v) is 3.96. The molecule has 2 aromatic carbocycles. The Morgan fingerprint density at radius 2 is 1.83 bits per heavy atom. The Labute approximate surface area is 142 Å². The van der Waals surface area contributed by atoms with Gasteiger partial charge in [0.05, 0.1) is 6.54 Å². The van der Waals surface area contributed by atoms with Crippen LogP contribution in [-0.2, 0) is 6.54 Å². The molecule has 4 nitrogen and oxygen atoms in total. The van der Waals surface area contributed by atoms with Crippen molar-refractivity contribution < 1.29 is 9.32 Å². The van der Waals surface area contributed by atoms with Crippen LogP contribution in [0, 0.1) is 6.92 Å². The van der Waals surface area contributed by atoms with Gasteiger partial charge in [-0.05, 0) is 31.2 Å². The third-order valence-electron chi connectivity index (χ3n) is 3.44. The molecule has 0 aliphatic rings. The summed E-state index contributed by atoms with van der Waals surface area (Å²) < 4.78 is 6.22. The number of halogens is 1. The van der Waals surface area contributed by atoms with Crippen LogP contribution in [0.25, 0.3) is 11.3 Å². The summed E-state index contributed by atoms with van der Waals surface area (Å²) in [7, 11) is 0. The molecule has 0 aliphatic carbocycles. The molecule has 1 aromatic heterocycles. The van der Waals surface area contributed by atoms with Crippen molar-refractivity contribution in [3.8, 4) is 11.3 Å². The van der Waals surface area contributed by atoms with E-state index < -0.39 is 0 Å². The number of amides is 1. The van der Waals surface area contributed by atoms with Gasteiger partial charge in [-0.25, -0.2) is 0 Å². The van der Waals surface area contributed by atoms with Crippen molar-refractivity contribution in [2.75, 3.05) is 0 Å². The van der Waals surface area contributed by atoms with Gasteiger partial charge in [0, 0.05) is 21.7 Å². The van der Waals surface area contributed by atoms with Gasteiger partial charge in [0.25, 0.3) is 5.91 Å². The first-order chi connectivity index (χ1) is 11.1. The van der Waals surface area contributed by atoms with Crippen molar-refractivity contribution >= 4 is 21.8 Å². The van der Waals surface area contributed by atoms with Crippen molar-refractivity contribution in [1.29, 1.82) is 0 Å². The minimum Gasteiger partial charge on any atom is -0.359 e. The van der Waals surface area contributed by atoms with Crippen LogP contribution >= 0.6 is 15.9 Å². The number of carbonyl (C=O) groups excluding carboxylic acids is 1. The topological polar surface area (TPSA) is 55.1 Å². The largest absolute Gasteiger partial charge is 0.359 e. The molecular weight excluding hydrogens is 356 g/mol. The van der Waals surface area contributed by atoms with Crippen LogP contribution in [0.5, 0.6) is 0 Å². The van der Waals surface area contributed by atoms with Gasteiger partial charge < -0.3 is 9.84 Å². The zero-order chi connectivity index (χ0) is 16.2. The van der Waals surface area contributed by atoms with Gasteiger partial charge in [0.15, 0.2) is 5.76 Å². The van der Waals surface area contributed by atoms with Crippen LogP contribution in [0.1, 0.15) is 21.7 Å². The summed E-state index contributed by atoms with van der Waals surface area (Å²) in [5, 5.41) is 6.87. The monoisotopic (exact) mass is 370 g/mol. The Balaban J connectivity index is 1.64. The Hall–Kier alpha value is -2.40. The lowest BCUT2D eigenvalue weighted by Gasteiger charge is -2.02. The molecule has 0 unspecified atom stereocenters. The SMILES string of the molecule is Cc1ccc(-c2cc(CNC(=O)c3ccc(Br)cc3)on2)cc1. The first-order valence-corrected chi connectivity index (χ1v) is 7.97. The maximum Gasteiger partial charge on any atom is 0.251 e. The quantitative estimate of drug-likeness (QED) is 0.742. The first-order valence-electron chi connectivity index (χ1n) is 7.18. The number of aryl methyl sites for hydroxylation is 1. The number of hydrogen-bond donors (Lipinski definition) is 1. The number of rotatable bonds is 4. The fourth-order valence-electron chi connectivity index (χ4n) is 2.13. The summed E-state index contributed by atoms with van der Waals surface area (Å²) >= 11 is 3.34. The molecule has 3 rings (SSSR count). The third kappa shape index (κ3) is 3.87. The van der Waals surface area contributed by atoms with Gasteiger partial charge in [-0.1, -0.05) is 50.9 Å². The molecule has 0 atom stereocenters. The van der Waals surface area contributed by atoms with E-state index >= 15 is 0 Å². The zero-order valence-corrected chi connectivity index (χ0v) is 14.1. The standard InChI is InChI=1S/C18H15BrN2O2/c1-12-2-4-13(5-3-12)17-10-16(23-21-17)11-20-18(22)14-6-8-15(19)9-7-14/h2-10H,11H2,1H3,(H,20,22). The molecule has 0 aliphatic heterocycles. The summed E-state index contributed by atoms with van der Waals surface area (Å²) in [4.78, 5) is 12.1. The van der Waals surface area contributed by atoms with Crippen LogP contribution in [0.15, 0.2) is 63.6 Å². The van der Waals surface area contributed by atoms with Crippen molar-refractivity contribution in [2.45, 2.75) is 13.5 Å². The maximum absolute atomic E-state index is 12.1. The minimum absolute atomic E-state index is 0.147. The number of nitrogens with one attached hydrogen (secondary N) is 1. The summed E-state index contributed by atoms with van der Waals surface area (Å²) in [6.45, 7) is 2.34. The maximum atomic E-state index is 12.1. The number of benzene rings is 2. The molecule has 0 spiro atoms. The molecular formula is C18H15BrN2O2. The van der Waals surface area contributed by atoms with Gasteiger partial charge in [0.1, 0.15) is 5.69 Å². The Morgan fingerprint density at radius 1 is 1.13 bits per heavy atom. The van der Waals surface area contributed by atoms with E-state index in [1.807, 2.05) is 49.4 Å². The summed E-state index contributed by atoms with van der Waals surface area (Å²) in [6, 6.07) is 17.1. The molecule has 1 amide bonds. The number of aromatic nitrogens is 1. The Kier molecular flexibility index (Phi) is 4.57. The van der Waals surface area contributed by atoms with Gasteiger partial charge in [0.2, 0.25) is 0 Å². The zero-order valence-electron chi connectivity index (χ0n) is 12.5. The molecule has 0 saturated heterocycles. The molecule has 23 heavy (non-hydrogen) atoms. The van der Waals surface area contributed by atoms with Crippen LogP contribution in [0.3, 0.4) is 0 Å². The van der Waals surface area contributed by atoms with E-state index in [2.05, 4.69) is 26.4 Å². The average Bonchev–Trinajstić information content (AvgIpc) is 3.03. The predicted octanol–water partition coefficient (Wildman–Crippen LogP) is 4.34. The first kappa shape index (κ1) is 15.5. The highest BCUT2D eigenvalue weighted by atomic mass is 79.9. The van der Waals surface area contributed by atoms with Gasteiger partial charge in [-0.3, -0.25) is 4.79 Å². The molecule has 116 valence electrons. The molecule has 1 heterocycles. The fourth-order valence-corrected chi connectivity index (χ4v) is 2.39. The second-order valence-electron chi connectivity index (χ2n) is 5.23. The van der Waals surface area contributed by atoms with E-state index in [1.54, 1.807) is 12.1 Å². The Bertz CT molecular complexity index is 808. The van der Waals surface area contributed by atoms with E-state index in [0.29, 0.717) is 17.9 Å². The van der Waals surface area contributed by atoms with E-state index in [1.165, 1.54) is 5.56 Å². The fraction of sp³-hybridized carbons (Fsp3) is 0.111. The van der Waals surface area contributed by atoms with Crippen molar-refractivity contribution in [1.82, 2.24) is 10.5 Å². The molecule has 5 heteroatoms. The van der Waals surface area contributed by atoms with Crippen molar-refractivity contribution in [2.24, 2.45) is 0 Å². The van der Waals surface area contributed by atoms with E-state index in [9.17, 15) is 4.79 Å². The molecule has 0 bridgehead atoms. The van der Waals surface area contributed by atoms with Crippen molar-refractivity contribution in [3.05, 3.63) is 76.0 Å². The molecule has 3 aromatic rings. The molecule has 0 fully saturated rings.